The molecule has 1 aromatic heterocycles. The number of anilines is 2. The lowest BCUT2D eigenvalue weighted by Crippen LogP contribution is -2.37. The normalized spacial score (nSPS) is 10.1. The lowest BCUT2D eigenvalue weighted by molar-refractivity contribution is -0.119. The summed E-state index contributed by atoms with van der Waals surface area (Å²) < 4.78 is 10.1. The molecule has 1 amide bonds. The van der Waals surface area contributed by atoms with Gasteiger partial charge in [0.2, 0.25) is 17.8 Å². The lowest BCUT2D eigenvalue weighted by atomic mass is 10.5. The molecular weight excluding hydrogens is 278 g/mol. The molecule has 10 nitrogen and oxygen atoms in total. The Morgan fingerprint density at radius 2 is 2.14 bits per heavy atom. The molecule has 1 aromatic rings. The minimum absolute atomic E-state index is 0.0866. The number of nitrogens with one attached hydrogen (secondary N) is 2. The Hall–Kier alpha value is -2.20. The number of aromatic nitrogens is 3. The van der Waals surface area contributed by atoms with E-state index < -0.39 is 0 Å². The van der Waals surface area contributed by atoms with Crippen molar-refractivity contribution in [3.05, 3.63) is 0 Å². The number of likely N-dealkylation sites (N-methyl/N-ethyl adjacent to an activating group) is 1. The van der Waals surface area contributed by atoms with Crippen molar-refractivity contribution in [3.63, 3.8) is 0 Å². The van der Waals surface area contributed by atoms with Crippen molar-refractivity contribution in [1.29, 1.82) is 0 Å². The maximum absolute atomic E-state index is 11.7. The van der Waals surface area contributed by atoms with Gasteiger partial charge in [0, 0.05) is 20.7 Å². The predicted molar refractivity (Wildman–Crippen MR) is 77.0 cm³/mol. The number of nitrogens with zero attached hydrogens (tertiary/aromatic N) is 4. The van der Waals surface area contributed by atoms with Crippen LogP contribution >= 0.6 is 0 Å². The third-order valence-corrected chi connectivity index (χ3v) is 2.36. The molecule has 0 radical (unpaired) electrons. The van der Waals surface area contributed by atoms with Crippen LogP contribution in [0.3, 0.4) is 0 Å². The molecule has 10 heteroatoms. The molecule has 0 aromatic carbocycles. The van der Waals surface area contributed by atoms with Gasteiger partial charge in [0.25, 0.3) is 0 Å². The van der Waals surface area contributed by atoms with Crippen LogP contribution in [0, 0.1) is 0 Å². The van der Waals surface area contributed by atoms with Crippen LogP contribution in [0.25, 0.3) is 0 Å². The summed E-state index contributed by atoms with van der Waals surface area (Å²) in [7, 11) is 3.25. The fourth-order valence-electron chi connectivity index (χ4n) is 1.41. The van der Waals surface area contributed by atoms with Crippen molar-refractivity contribution in [2.45, 2.75) is 6.92 Å². The molecule has 0 saturated carbocycles. The standard InChI is InChI=1S/C11H21N7O3/c1-4-21-11-15-9(17-12)14-10(16-11)18(2)7-8(19)13-5-6-20-3/h4-7,12H2,1-3H3,(H,13,19)(H,14,15,16,17). The van der Waals surface area contributed by atoms with Gasteiger partial charge >= 0.3 is 6.01 Å². The van der Waals surface area contributed by atoms with E-state index in [2.05, 4.69) is 25.7 Å². The largest absolute Gasteiger partial charge is 0.464 e. The van der Waals surface area contributed by atoms with Crippen LogP contribution in [0.1, 0.15) is 6.92 Å². The van der Waals surface area contributed by atoms with E-state index in [0.29, 0.717) is 19.8 Å². The molecule has 0 bridgehead atoms. The molecule has 21 heavy (non-hydrogen) atoms. The Balaban J connectivity index is 2.69. The number of hydrazine groups is 1. The zero-order chi connectivity index (χ0) is 15.7. The van der Waals surface area contributed by atoms with Gasteiger partial charge in [0.1, 0.15) is 0 Å². The molecule has 1 rings (SSSR count). The fourth-order valence-corrected chi connectivity index (χ4v) is 1.41. The van der Waals surface area contributed by atoms with Gasteiger partial charge in [0.15, 0.2) is 0 Å². The molecule has 0 aliphatic carbocycles. The second kappa shape index (κ2) is 8.87. The highest BCUT2D eigenvalue weighted by Crippen LogP contribution is 2.13. The summed E-state index contributed by atoms with van der Waals surface area (Å²) >= 11 is 0. The first-order valence-corrected chi connectivity index (χ1v) is 6.43. The molecule has 0 fully saturated rings. The van der Waals surface area contributed by atoms with Gasteiger partial charge in [-0.15, -0.1) is 0 Å². The number of methoxy groups -OCH3 is 1. The van der Waals surface area contributed by atoms with E-state index >= 15 is 0 Å². The molecule has 0 aliphatic heterocycles. The molecule has 0 spiro atoms. The summed E-state index contributed by atoms with van der Waals surface area (Å²) in [5.74, 6) is 5.57. The van der Waals surface area contributed by atoms with Crippen LogP contribution < -0.4 is 26.2 Å². The van der Waals surface area contributed by atoms with Gasteiger partial charge in [-0.3, -0.25) is 10.2 Å². The quantitative estimate of drug-likeness (QED) is 0.291. The summed E-state index contributed by atoms with van der Waals surface area (Å²) in [4.78, 5) is 25.4. The first-order valence-electron chi connectivity index (χ1n) is 6.43. The Morgan fingerprint density at radius 1 is 1.38 bits per heavy atom. The highest BCUT2D eigenvalue weighted by molar-refractivity contribution is 5.80. The summed E-state index contributed by atoms with van der Waals surface area (Å²) in [5.41, 5.74) is 2.33. The van der Waals surface area contributed by atoms with Crippen LogP contribution in [0.2, 0.25) is 0 Å². The van der Waals surface area contributed by atoms with Gasteiger partial charge < -0.3 is 19.7 Å². The smallest absolute Gasteiger partial charge is 0.323 e. The van der Waals surface area contributed by atoms with E-state index in [4.69, 9.17) is 15.3 Å². The number of rotatable bonds is 9. The Kier molecular flexibility index (Phi) is 7.12. The number of nitrogen functional groups attached to an aromatic ring is 1. The zero-order valence-electron chi connectivity index (χ0n) is 12.4. The second-order valence-electron chi connectivity index (χ2n) is 4.02. The number of hydrogen-bond acceptors (Lipinski definition) is 9. The highest BCUT2D eigenvalue weighted by atomic mass is 16.5. The van der Waals surface area contributed by atoms with Crippen molar-refractivity contribution in [1.82, 2.24) is 20.3 Å². The Labute approximate surface area is 123 Å². The van der Waals surface area contributed by atoms with Crippen molar-refractivity contribution in [2.75, 3.05) is 50.8 Å². The minimum atomic E-state index is -0.171. The van der Waals surface area contributed by atoms with Gasteiger partial charge in [-0.25, -0.2) is 5.84 Å². The van der Waals surface area contributed by atoms with E-state index in [1.807, 2.05) is 6.92 Å². The van der Waals surface area contributed by atoms with E-state index in [0.717, 1.165) is 0 Å². The monoisotopic (exact) mass is 299 g/mol. The van der Waals surface area contributed by atoms with Gasteiger partial charge in [-0.2, -0.15) is 15.0 Å². The van der Waals surface area contributed by atoms with Gasteiger partial charge in [-0.05, 0) is 6.92 Å². The number of carbonyl (C=O) groups is 1. The van der Waals surface area contributed by atoms with Crippen LogP contribution in [-0.4, -0.2) is 61.3 Å². The number of nitrogens with two attached hydrogens (primary N) is 1. The molecule has 0 aliphatic rings. The first kappa shape index (κ1) is 16.9. The van der Waals surface area contributed by atoms with Crippen LogP contribution in [0.5, 0.6) is 6.01 Å². The van der Waals surface area contributed by atoms with E-state index in [9.17, 15) is 4.79 Å². The average Bonchev–Trinajstić information content (AvgIpc) is 2.47. The summed E-state index contributed by atoms with van der Waals surface area (Å²) in [6.07, 6.45) is 0. The second-order valence-corrected chi connectivity index (χ2v) is 4.02. The summed E-state index contributed by atoms with van der Waals surface area (Å²) in [5, 5.41) is 2.70. The van der Waals surface area contributed by atoms with Crippen molar-refractivity contribution in [3.8, 4) is 6.01 Å². The third-order valence-electron chi connectivity index (χ3n) is 2.36. The van der Waals surface area contributed by atoms with E-state index in [1.54, 1.807) is 19.1 Å². The minimum Gasteiger partial charge on any atom is -0.464 e. The zero-order valence-corrected chi connectivity index (χ0v) is 12.4. The topological polar surface area (TPSA) is 128 Å². The summed E-state index contributed by atoms with van der Waals surface area (Å²) in [6.45, 7) is 3.21. The molecule has 0 unspecified atom stereocenters. The number of ether oxygens (including phenoxy) is 2. The van der Waals surface area contributed by atoms with Crippen LogP contribution in [-0.2, 0) is 9.53 Å². The molecular formula is C11H21N7O3. The average molecular weight is 299 g/mol. The molecule has 118 valence electrons. The van der Waals surface area contributed by atoms with Crippen LogP contribution in [0.4, 0.5) is 11.9 Å². The molecule has 0 saturated heterocycles. The first-order chi connectivity index (χ1) is 10.1. The van der Waals surface area contributed by atoms with E-state index in [1.165, 1.54) is 0 Å². The van der Waals surface area contributed by atoms with Crippen LogP contribution in [0.15, 0.2) is 0 Å². The van der Waals surface area contributed by atoms with Gasteiger partial charge in [-0.1, -0.05) is 0 Å². The number of carbonyl (C=O) groups excluding carboxylic acids is 1. The summed E-state index contributed by atoms with van der Waals surface area (Å²) in [6, 6.07) is 0.141. The Bertz CT molecular complexity index is 457. The number of hydrogen-bond donors (Lipinski definition) is 3. The van der Waals surface area contributed by atoms with Crippen molar-refractivity contribution in [2.24, 2.45) is 5.84 Å². The maximum atomic E-state index is 11.7. The fraction of sp³-hybridized carbons (Fsp3) is 0.636. The third kappa shape index (κ3) is 5.75. The molecule has 0 atom stereocenters. The Morgan fingerprint density at radius 3 is 2.76 bits per heavy atom. The SMILES string of the molecule is CCOc1nc(NN)nc(N(C)CC(=O)NCCOC)n1. The highest BCUT2D eigenvalue weighted by Gasteiger charge is 2.13. The van der Waals surface area contributed by atoms with E-state index in [-0.39, 0.29) is 30.4 Å². The molecule has 1 heterocycles. The lowest BCUT2D eigenvalue weighted by Gasteiger charge is -2.17. The molecule has 4 N–H and O–H groups in total. The maximum Gasteiger partial charge on any atom is 0.323 e. The van der Waals surface area contributed by atoms with Crippen molar-refractivity contribution < 1.29 is 14.3 Å². The number of amides is 1. The van der Waals surface area contributed by atoms with Gasteiger partial charge in [0.05, 0.1) is 19.8 Å². The van der Waals surface area contributed by atoms with Crippen molar-refractivity contribution >= 4 is 17.8 Å². The predicted octanol–water partition coefficient (Wildman–Crippen LogP) is -1.25.